The van der Waals surface area contributed by atoms with Gasteiger partial charge in [0.1, 0.15) is 5.75 Å². The molecule has 0 heterocycles. The third-order valence-corrected chi connectivity index (χ3v) is 2.24. The van der Waals surface area contributed by atoms with E-state index in [0.717, 1.165) is 11.5 Å². The van der Waals surface area contributed by atoms with Gasteiger partial charge in [-0.2, -0.15) is 0 Å². The Morgan fingerprint density at radius 3 is 2.82 bits per heavy atom. The van der Waals surface area contributed by atoms with Crippen molar-refractivity contribution in [2.24, 2.45) is 0 Å². The summed E-state index contributed by atoms with van der Waals surface area (Å²) in [5.74, 6) is 1.82. The molecule has 0 aliphatic carbocycles. The van der Waals surface area contributed by atoms with Crippen LogP contribution in [0.3, 0.4) is 0 Å². The number of rotatable bonds is 3. The average molecular weight is 186 g/mol. The van der Waals surface area contributed by atoms with Crippen LogP contribution < -0.4 is 4.74 Å². The highest BCUT2D eigenvalue weighted by Crippen LogP contribution is 2.23. The van der Waals surface area contributed by atoms with E-state index in [-0.39, 0.29) is 0 Å². The van der Waals surface area contributed by atoms with E-state index in [2.05, 4.69) is 11.7 Å². The number of hydrogen-bond donors (Lipinski definition) is 1. The van der Waals surface area contributed by atoms with Crippen molar-refractivity contribution in [2.45, 2.75) is 5.75 Å². The third-order valence-electron chi connectivity index (χ3n) is 1.41. The lowest BCUT2D eigenvalue weighted by molar-refractivity contribution is 0.411. The first-order valence-corrected chi connectivity index (χ1v) is 5.30. The highest BCUT2D eigenvalue weighted by atomic mass is 33.1. The Kier molecular flexibility index (Phi) is 3.66. The fraction of sp³-hybridized carbons (Fsp3) is 0.250. The Labute approximate surface area is 76.0 Å². The van der Waals surface area contributed by atoms with Crippen molar-refractivity contribution in [3.05, 3.63) is 29.8 Å². The van der Waals surface area contributed by atoms with E-state index < -0.39 is 0 Å². The summed E-state index contributed by atoms with van der Waals surface area (Å²) in [6.07, 6.45) is 0. The highest BCUT2D eigenvalue weighted by Gasteiger charge is 1.98. The van der Waals surface area contributed by atoms with Gasteiger partial charge in [-0.15, -0.1) is 11.7 Å². The quantitative estimate of drug-likeness (QED) is 0.574. The summed E-state index contributed by atoms with van der Waals surface area (Å²) in [6, 6.07) is 7.97. The second-order valence-corrected chi connectivity index (χ2v) is 3.41. The molecule has 3 heteroatoms. The van der Waals surface area contributed by atoms with Crippen LogP contribution in [0.25, 0.3) is 0 Å². The van der Waals surface area contributed by atoms with Crippen molar-refractivity contribution < 1.29 is 4.74 Å². The second-order valence-electron chi connectivity index (χ2n) is 2.09. The first-order valence-electron chi connectivity index (χ1n) is 3.26. The summed E-state index contributed by atoms with van der Waals surface area (Å²) in [5, 5.41) is 0. The van der Waals surface area contributed by atoms with Gasteiger partial charge in [-0.1, -0.05) is 29.0 Å². The van der Waals surface area contributed by atoms with Crippen LogP contribution in [0.5, 0.6) is 5.75 Å². The molecule has 1 nitrogen and oxygen atoms in total. The highest BCUT2D eigenvalue weighted by molar-refractivity contribution is 8.68. The van der Waals surface area contributed by atoms with E-state index in [1.165, 1.54) is 16.4 Å². The maximum Gasteiger partial charge on any atom is 0.122 e. The van der Waals surface area contributed by atoms with Gasteiger partial charge in [0, 0.05) is 11.3 Å². The van der Waals surface area contributed by atoms with Crippen LogP contribution in [-0.2, 0) is 5.75 Å². The van der Waals surface area contributed by atoms with Crippen molar-refractivity contribution in [3.63, 3.8) is 0 Å². The zero-order valence-electron chi connectivity index (χ0n) is 6.28. The SMILES string of the molecule is COc1ccccc1CSS. The molecule has 0 N–H and O–H groups in total. The molecule has 0 unspecified atom stereocenters. The predicted octanol–water partition coefficient (Wildman–Crippen LogP) is 2.77. The van der Waals surface area contributed by atoms with Crippen LogP contribution in [0, 0.1) is 0 Å². The number of methoxy groups -OCH3 is 1. The van der Waals surface area contributed by atoms with E-state index in [9.17, 15) is 0 Å². The maximum absolute atomic E-state index is 5.15. The molecule has 0 spiro atoms. The first kappa shape index (κ1) is 8.81. The maximum atomic E-state index is 5.15. The van der Waals surface area contributed by atoms with Gasteiger partial charge in [-0.25, -0.2) is 0 Å². The van der Waals surface area contributed by atoms with E-state index in [4.69, 9.17) is 4.74 Å². The standard InChI is InChI=1S/C8H10OS2/c1-9-8-5-3-2-4-7(8)6-11-10/h2-5,10H,6H2,1H3. The third kappa shape index (κ3) is 2.34. The molecular formula is C8H10OS2. The van der Waals surface area contributed by atoms with Crippen LogP contribution in [-0.4, -0.2) is 7.11 Å². The molecule has 0 aromatic heterocycles. The molecular weight excluding hydrogens is 176 g/mol. The Hall–Kier alpha value is -0.280. The van der Waals surface area contributed by atoms with Gasteiger partial charge in [0.15, 0.2) is 0 Å². The fourth-order valence-electron chi connectivity index (χ4n) is 0.892. The summed E-state index contributed by atoms with van der Waals surface area (Å²) in [7, 11) is 3.18. The van der Waals surface area contributed by atoms with E-state index >= 15 is 0 Å². The summed E-state index contributed by atoms with van der Waals surface area (Å²) in [5.41, 5.74) is 1.19. The average Bonchev–Trinajstić information content (AvgIpc) is 2.06. The molecule has 0 radical (unpaired) electrons. The Bertz CT molecular complexity index is 225. The number of benzene rings is 1. The molecule has 0 saturated carbocycles. The van der Waals surface area contributed by atoms with Crippen molar-refractivity contribution in [1.29, 1.82) is 0 Å². The minimum atomic E-state index is 0.882. The molecule has 0 aliphatic rings. The molecule has 1 aromatic rings. The summed E-state index contributed by atoms with van der Waals surface area (Å²) < 4.78 is 5.15. The van der Waals surface area contributed by atoms with Crippen molar-refractivity contribution in [2.75, 3.05) is 7.11 Å². The zero-order valence-corrected chi connectivity index (χ0v) is 7.99. The monoisotopic (exact) mass is 186 g/mol. The number of para-hydroxylation sites is 1. The molecule has 11 heavy (non-hydrogen) atoms. The van der Waals surface area contributed by atoms with Crippen LogP contribution in [0.15, 0.2) is 24.3 Å². The lowest BCUT2D eigenvalue weighted by Gasteiger charge is -2.04. The van der Waals surface area contributed by atoms with Crippen LogP contribution in [0.1, 0.15) is 5.56 Å². The zero-order chi connectivity index (χ0) is 8.10. The fourth-order valence-corrected chi connectivity index (χ4v) is 1.69. The van der Waals surface area contributed by atoms with Gasteiger partial charge in [-0.3, -0.25) is 0 Å². The largest absolute Gasteiger partial charge is 0.496 e. The van der Waals surface area contributed by atoms with Crippen LogP contribution in [0.4, 0.5) is 0 Å². The van der Waals surface area contributed by atoms with Crippen molar-refractivity contribution in [3.8, 4) is 5.75 Å². The first-order chi connectivity index (χ1) is 5.38. The second kappa shape index (κ2) is 4.57. The van der Waals surface area contributed by atoms with Gasteiger partial charge >= 0.3 is 0 Å². The Morgan fingerprint density at radius 2 is 2.18 bits per heavy atom. The molecule has 0 atom stereocenters. The molecule has 1 rings (SSSR count). The molecule has 60 valence electrons. The Balaban J connectivity index is 2.83. The minimum absolute atomic E-state index is 0.882. The van der Waals surface area contributed by atoms with Gasteiger partial charge < -0.3 is 4.74 Å². The molecule has 0 amide bonds. The molecule has 0 saturated heterocycles. The van der Waals surface area contributed by atoms with Crippen molar-refractivity contribution in [1.82, 2.24) is 0 Å². The van der Waals surface area contributed by atoms with Gasteiger partial charge in [0.25, 0.3) is 0 Å². The summed E-state index contributed by atoms with van der Waals surface area (Å²) in [6.45, 7) is 0. The minimum Gasteiger partial charge on any atom is -0.496 e. The smallest absolute Gasteiger partial charge is 0.122 e. The van der Waals surface area contributed by atoms with Crippen LogP contribution in [0.2, 0.25) is 0 Å². The number of thiol groups is 1. The number of ether oxygens (including phenoxy) is 1. The van der Waals surface area contributed by atoms with Crippen LogP contribution >= 0.6 is 22.5 Å². The van der Waals surface area contributed by atoms with Gasteiger partial charge in [0.2, 0.25) is 0 Å². The van der Waals surface area contributed by atoms with E-state index in [1.807, 2.05) is 24.3 Å². The van der Waals surface area contributed by atoms with Gasteiger partial charge in [0.05, 0.1) is 7.11 Å². The van der Waals surface area contributed by atoms with E-state index in [1.54, 1.807) is 7.11 Å². The van der Waals surface area contributed by atoms with Crippen molar-refractivity contribution >= 4 is 22.5 Å². The van der Waals surface area contributed by atoms with Gasteiger partial charge in [-0.05, 0) is 6.07 Å². The predicted molar refractivity (Wildman–Crippen MR) is 53.3 cm³/mol. The lowest BCUT2D eigenvalue weighted by Crippen LogP contribution is -1.88. The topological polar surface area (TPSA) is 9.23 Å². The molecule has 0 aliphatic heterocycles. The molecule has 1 aromatic carbocycles. The lowest BCUT2D eigenvalue weighted by atomic mass is 10.2. The molecule has 0 bridgehead atoms. The van der Waals surface area contributed by atoms with E-state index in [0.29, 0.717) is 0 Å². The summed E-state index contributed by atoms with van der Waals surface area (Å²) in [4.78, 5) is 0. The normalized spacial score (nSPS) is 9.64. The summed E-state index contributed by atoms with van der Waals surface area (Å²) >= 11 is 4.08. The molecule has 0 fully saturated rings. The number of hydrogen-bond acceptors (Lipinski definition) is 3. The Morgan fingerprint density at radius 1 is 1.45 bits per heavy atom.